The number of aromatic nitrogens is 2. The summed E-state index contributed by atoms with van der Waals surface area (Å²) in [6, 6.07) is 12.1. The second kappa shape index (κ2) is 5.24. The highest BCUT2D eigenvalue weighted by atomic mass is 16.3. The number of rotatable bonds is 3. The molecule has 0 bridgehead atoms. The molecule has 2 aromatic carbocycles. The van der Waals surface area contributed by atoms with Crippen LogP contribution in [0.2, 0.25) is 0 Å². The Bertz CT molecular complexity index is 802. The highest BCUT2D eigenvalue weighted by molar-refractivity contribution is 5.81. The molecule has 0 saturated carbocycles. The van der Waals surface area contributed by atoms with Crippen molar-refractivity contribution < 1.29 is 5.11 Å². The van der Waals surface area contributed by atoms with Gasteiger partial charge in [-0.1, -0.05) is 25.1 Å². The summed E-state index contributed by atoms with van der Waals surface area (Å²) in [7, 11) is 0. The molecule has 3 rings (SSSR count). The van der Waals surface area contributed by atoms with Gasteiger partial charge in [0, 0.05) is 12.1 Å². The molecule has 0 radical (unpaired) electrons. The van der Waals surface area contributed by atoms with Gasteiger partial charge in [0.1, 0.15) is 11.6 Å². The Morgan fingerprint density at radius 3 is 2.62 bits per heavy atom. The normalized spacial score (nSPS) is 11.2. The number of fused-ring (bicyclic) bond motifs is 1. The summed E-state index contributed by atoms with van der Waals surface area (Å²) < 4.78 is 2.24. The van der Waals surface area contributed by atoms with Gasteiger partial charge in [0.05, 0.1) is 11.0 Å². The van der Waals surface area contributed by atoms with E-state index < -0.39 is 0 Å². The van der Waals surface area contributed by atoms with Crippen molar-refractivity contribution in [1.82, 2.24) is 9.55 Å². The van der Waals surface area contributed by atoms with Crippen LogP contribution in [-0.4, -0.2) is 14.7 Å². The molecule has 0 spiro atoms. The Kier molecular flexibility index (Phi) is 3.42. The molecule has 0 fully saturated rings. The Hall–Kier alpha value is -2.29. The summed E-state index contributed by atoms with van der Waals surface area (Å²) >= 11 is 0. The maximum absolute atomic E-state index is 9.96. The Balaban J connectivity index is 2.24. The molecule has 3 nitrogen and oxygen atoms in total. The van der Waals surface area contributed by atoms with E-state index >= 15 is 0 Å². The van der Waals surface area contributed by atoms with Gasteiger partial charge in [-0.2, -0.15) is 0 Å². The Morgan fingerprint density at radius 1 is 1.10 bits per heavy atom. The smallest absolute Gasteiger partial charge is 0.141 e. The van der Waals surface area contributed by atoms with Crippen LogP contribution in [0.1, 0.15) is 24.5 Å². The molecule has 0 unspecified atom stereocenters. The van der Waals surface area contributed by atoms with Crippen LogP contribution in [0.4, 0.5) is 0 Å². The van der Waals surface area contributed by atoms with Crippen molar-refractivity contribution in [2.24, 2.45) is 0 Å². The van der Waals surface area contributed by atoms with Gasteiger partial charge in [0.15, 0.2) is 0 Å². The highest BCUT2D eigenvalue weighted by Crippen LogP contribution is 2.29. The van der Waals surface area contributed by atoms with Gasteiger partial charge in [-0.25, -0.2) is 4.98 Å². The lowest BCUT2D eigenvalue weighted by atomic mass is 10.1. The third-order valence-corrected chi connectivity index (χ3v) is 3.82. The van der Waals surface area contributed by atoms with Crippen molar-refractivity contribution in [2.75, 3.05) is 0 Å². The van der Waals surface area contributed by atoms with Crippen LogP contribution in [0.3, 0.4) is 0 Å². The van der Waals surface area contributed by atoms with Crippen molar-refractivity contribution in [3.8, 4) is 17.1 Å². The summed E-state index contributed by atoms with van der Waals surface area (Å²) in [5.74, 6) is 1.24. The van der Waals surface area contributed by atoms with Crippen molar-refractivity contribution in [1.29, 1.82) is 0 Å². The van der Waals surface area contributed by atoms with Crippen LogP contribution in [0.25, 0.3) is 22.4 Å². The summed E-state index contributed by atoms with van der Waals surface area (Å²) in [5, 5.41) is 9.96. The second-order valence-corrected chi connectivity index (χ2v) is 5.58. The third-order valence-electron chi connectivity index (χ3n) is 3.82. The molecular formula is C18H20N2O. The first-order chi connectivity index (χ1) is 10.1. The van der Waals surface area contributed by atoms with Crippen molar-refractivity contribution in [3.63, 3.8) is 0 Å². The van der Waals surface area contributed by atoms with Crippen LogP contribution in [-0.2, 0) is 6.54 Å². The lowest BCUT2D eigenvalue weighted by molar-refractivity contribution is 0.471. The van der Waals surface area contributed by atoms with E-state index in [1.54, 1.807) is 6.07 Å². The van der Waals surface area contributed by atoms with Gasteiger partial charge in [-0.15, -0.1) is 0 Å². The van der Waals surface area contributed by atoms with Crippen LogP contribution < -0.4 is 0 Å². The Labute approximate surface area is 124 Å². The van der Waals surface area contributed by atoms with E-state index in [-0.39, 0.29) is 0 Å². The minimum absolute atomic E-state index is 0.318. The molecular weight excluding hydrogens is 260 g/mol. The molecule has 0 amide bonds. The molecule has 0 aliphatic rings. The zero-order valence-corrected chi connectivity index (χ0v) is 12.7. The molecule has 0 atom stereocenters. The number of hydrogen-bond donors (Lipinski definition) is 1. The highest BCUT2D eigenvalue weighted by Gasteiger charge is 2.13. The average molecular weight is 280 g/mol. The first-order valence-electron chi connectivity index (χ1n) is 7.37. The largest absolute Gasteiger partial charge is 0.508 e. The van der Waals surface area contributed by atoms with Gasteiger partial charge in [0.2, 0.25) is 0 Å². The number of phenols is 1. The summed E-state index contributed by atoms with van der Waals surface area (Å²) in [6.45, 7) is 7.06. The van der Waals surface area contributed by atoms with E-state index in [9.17, 15) is 5.11 Å². The van der Waals surface area contributed by atoms with Gasteiger partial charge in [-0.3, -0.25) is 0 Å². The Morgan fingerprint density at radius 2 is 1.90 bits per heavy atom. The van der Waals surface area contributed by atoms with E-state index in [0.717, 1.165) is 41.0 Å². The first-order valence-corrected chi connectivity index (χ1v) is 7.37. The maximum Gasteiger partial charge on any atom is 0.141 e. The molecule has 21 heavy (non-hydrogen) atoms. The number of phenolic OH excluding ortho intramolecular Hbond substituents is 1. The van der Waals surface area contributed by atoms with Crippen LogP contribution in [0.5, 0.6) is 5.75 Å². The van der Waals surface area contributed by atoms with Crippen molar-refractivity contribution in [2.45, 2.75) is 33.7 Å². The predicted octanol–water partition coefficient (Wildman–Crippen LogP) is 4.44. The van der Waals surface area contributed by atoms with Crippen LogP contribution >= 0.6 is 0 Å². The topological polar surface area (TPSA) is 38.0 Å². The number of benzene rings is 2. The van der Waals surface area contributed by atoms with Gasteiger partial charge in [0.25, 0.3) is 0 Å². The SMILES string of the molecule is CCCn1c(-c2ccc(C)c(O)c2)nc2cc(C)ccc21. The van der Waals surface area contributed by atoms with Crippen LogP contribution in [0.15, 0.2) is 36.4 Å². The summed E-state index contributed by atoms with van der Waals surface area (Å²) in [5.41, 5.74) is 5.21. The number of aromatic hydroxyl groups is 1. The van der Waals surface area contributed by atoms with Gasteiger partial charge < -0.3 is 9.67 Å². The fourth-order valence-electron chi connectivity index (χ4n) is 2.66. The molecule has 1 N–H and O–H groups in total. The standard InChI is InChI=1S/C18H20N2O/c1-4-9-20-16-8-5-12(2)10-15(16)19-18(20)14-7-6-13(3)17(21)11-14/h5-8,10-11,21H,4,9H2,1-3H3. The average Bonchev–Trinajstić information content (AvgIpc) is 2.80. The summed E-state index contributed by atoms with van der Waals surface area (Å²) in [6.07, 6.45) is 1.05. The zero-order chi connectivity index (χ0) is 15.0. The fraction of sp³-hybridized carbons (Fsp3) is 0.278. The first kappa shape index (κ1) is 13.7. The predicted molar refractivity (Wildman–Crippen MR) is 86.6 cm³/mol. The third kappa shape index (κ3) is 2.40. The van der Waals surface area contributed by atoms with Crippen LogP contribution in [0, 0.1) is 13.8 Å². The van der Waals surface area contributed by atoms with Gasteiger partial charge in [-0.05, 0) is 49.6 Å². The van der Waals surface area contributed by atoms with E-state index in [1.807, 2.05) is 19.1 Å². The molecule has 1 aromatic heterocycles. The number of nitrogens with zero attached hydrogens (tertiary/aromatic N) is 2. The van der Waals surface area contributed by atoms with Crippen molar-refractivity contribution in [3.05, 3.63) is 47.5 Å². The molecule has 0 aliphatic carbocycles. The zero-order valence-electron chi connectivity index (χ0n) is 12.7. The number of hydrogen-bond acceptors (Lipinski definition) is 2. The lowest BCUT2D eigenvalue weighted by Gasteiger charge is -2.09. The quantitative estimate of drug-likeness (QED) is 0.770. The van der Waals surface area contributed by atoms with E-state index in [2.05, 4.69) is 36.6 Å². The number of imidazole rings is 1. The molecule has 1 heterocycles. The molecule has 3 aromatic rings. The van der Waals surface area contributed by atoms with Crippen molar-refractivity contribution >= 4 is 11.0 Å². The fourth-order valence-corrected chi connectivity index (χ4v) is 2.66. The van der Waals surface area contributed by atoms with E-state index in [0.29, 0.717) is 5.75 Å². The second-order valence-electron chi connectivity index (χ2n) is 5.58. The monoisotopic (exact) mass is 280 g/mol. The van der Waals surface area contributed by atoms with E-state index in [4.69, 9.17) is 4.98 Å². The van der Waals surface area contributed by atoms with Gasteiger partial charge >= 0.3 is 0 Å². The summed E-state index contributed by atoms with van der Waals surface area (Å²) in [4.78, 5) is 4.78. The molecule has 108 valence electrons. The lowest BCUT2D eigenvalue weighted by Crippen LogP contribution is -1.99. The maximum atomic E-state index is 9.96. The minimum atomic E-state index is 0.318. The minimum Gasteiger partial charge on any atom is -0.508 e. The molecule has 0 aliphatic heterocycles. The number of aryl methyl sites for hydroxylation is 3. The van der Waals surface area contributed by atoms with E-state index in [1.165, 1.54) is 5.56 Å². The molecule has 0 saturated heterocycles. The molecule has 3 heteroatoms.